The van der Waals surface area contributed by atoms with Gasteiger partial charge in [0.05, 0.1) is 0 Å². The summed E-state index contributed by atoms with van der Waals surface area (Å²) < 4.78 is 35.3. The van der Waals surface area contributed by atoms with Crippen LogP contribution in [0.4, 0.5) is 4.39 Å². The summed E-state index contributed by atoms with van der Waals surface area (Å²) in [6.07, 6.45) is -1.58. The molecular formula is C8H7BrClFO2S. The number of rotatable bonds is 3. The van der Waals surface area contributed by atoms with Gasteiger partial charge in [-0.25, -0.2) is 12.8 Å². The van der Waals surface area contributed by atoms with E-state index in [1.54, 1.807) is 12.1 Å². The maximum Gasteiger partial charge on any atom is 0.235 e. The maximum absolute atomic E-state index is 13.3. The second-order valence-electron chi connectivity index (χ2n) is 2.72. The lowest BCUT2D eigenvalue weighted by atomic mass is 10.1. The van der Waals surface area contributed by atoms with Crippen molar-refractivity contribution in [3.8, 4) is 0 Å². The molecule has 0 aliphatic carbocycles. The fourth-order valence-corrected chi connectivity index (χ4v) is 2.08. The van der Waals surface area contributed by atoms with Crippen molar-refractivity contribution in [3.63, 3.8) is 0 Å². The normalized spacial score (nSPS) is 13.9. The van der Waals surface area contributed by atoms with E-state index in [4.69, 9.17) is 10.7 Å². The van der Waals surface area contributed by atoms with Crippen LogP contribution >= 0.6 is 26.6 Å². The first-order chi connectivity index (χ1) is 6.38. The average molecular weight is 302 g/mol. The molecule has 6 heteroatoms. The predicted molar refractivity (Wildman–Crippen MR) is 57.6 cm³/mol. The monoisotopic (exact) mass is 300 g/mol. The van der Waals surface area contributed by atoms with Gasteiger partial charge >= 0.3 is 0 Å². The second-order valence-corrected chi connectivity index (χ2v) is 6.46. The first-order valence-electron chi connectivity index (χ1n) is 3.70. The minimum absolute atomic E-state index is 0.303. The van der Waals surface area contributed by atoms with Gasteiger partial charge in [0.2, 0.25) is 9.05 Å². The van der Waals surface area contributed by atoms with E-state index in [1.165, 1.54) is 12.1 Å². The van der Waals surface area contributed by atoms with Gasteiger partial charge in [0.25, 0.3) is 0 Å². The minimum atomic E-state index is -3.80. The molecule has 14 heavy (non-hydrogen) atoms. The van der Waals surface area contributed by atoms with Gasteiger partial charge in [0.1, 0.15) is 11.9 Å². The highest BCUT2D eigenvalue weighted by Gasteiger charge is 2.17. The van der Waals surface area contributed by atoms with Crippen molar-refractivity contribution in [1.82, 2.24) is 0 Å². The molecule has 0 aliphatic rings. The second kappa shape index (κ2) is 4.59. The van der Waals surface area contributed by atoms with E-state index in [0.717, 1.165) is 4.47 Å². The molecule has 0 aliphatic heterocycles. The van der Waals surface area contributed by atoms with Crippen LogP contribution in [0, 0.1) is 0 Å². The summed E-state index contributed by atoms with van der Waals surface area (Å²) in [7, 11) is 1.14. The van der Waals surface area contributed by atoms with E-state index in [1.807, 2.05) is 0 Å². The Labute approximate surface area is 94.6 Å². The van der Waals surface area contributed by atoms with Gasteiger partial charge in [-0.2, -0.15) is 0 Å². The highest BCUT2D eigenvalue weighted by atomic mass is 79.9. The number of alkyl halides is 1. The van der Waals surface area contributed by atoms with Crippen molar-refractivity contribution >= 4 is 35.7 Å². The van der Waals surface area contributed by atoms with E-state index in [2.05, 4.69) is 15.9 Å². The van der Waals surface area contributed by atoms with Gasteiger partial charge < -0.3 is 0 Å². The molecule has 2 nitrogen and oxygen atoms in total. The third-order valence-electron chi connectivity index (χ3n) is 1.58. The van der Waals surface area contributed by atoms with E-state index in [9.17, 15) is 12.8 Å². The van der Waals surface area contributed by atoms with Crippen LogP contribution < -0.4 is 0 Å². The molecule has 78 valence electrons. The van der Waals surface area contributed by atoms with Crippen molar-refractivity contribution in [2.75, 3.05) is 5.75 Å². The molecular weight excluding hydrogens is 295 g/mol. The Hall–Kier alpha value is -0.130. The van der Waals surface area contributed by atoms with E-state index in [-0.39, 0.29) is 0 Å². The van der Waals surface area contributed by atoms with Crippen LogP contribution in [-0.2, 0) is 9.05 Å². The van der Waals surface area contributed by atoms with Gasteiger partial charge in [-0.15, -0.1) is 0 Å². The molecule has 1 aromatic carbocycles. The van der Waals surface area contributed by atoms with Crippen LogP contribution in [0.3, 0.4) is 0 Å². The largest absolute Gasteiger partial charge is 0.241 e. The smallest absolute Gasteiger partial charge is 0.235 e. The van der Waals surface area contributed by atoms with E-state index in [0.29, 0.717) is 5.56 Å². The summed E-state index contributed by atoms with van der Waals surface area (Å²) >= 11 is 3.19. The van der Waals surface area contributed by atoms with E-state index < -0.39 is 21.0 Å². The molecule has 1 rings (SSSR count). The standard InChI is InChI=1S/C8H7BrClFO2S/c9-7-3-1-6(2-4-7)8(11)5-14(10,12)13/h1-4,8H,5H2. The van der Waals surface area contributed by atoms with Crippen LogP contribution in [0.5, 0.6) is 0 Å². The lowest BCUT2D eigenvalue weighted by Crippen LogP contribution is -2.05. The molecule has 1 atom stereocenters. The van der Waals surface area contributed by atoms with Gasteiger partial charge in [-0.05, 0) is 17.7 Å². The summed E-state index contributed by atoms with van der Waals surface area (Å²) in [5.41, 5.74) is 0.303. The zero-order valence-electron chi connectivity index (χ0n) is 6.95. The number of hydrogen-bond acceptors (Lipinski definition) is 2. The predicted octanol–water partition coefficient (Wildman–Crippen LogP) is 3.03. The molecule has 0 N–H and O–H groups in total. The number of benzene rings is 1. The van der Waals surface area contributed by atoms with Gasteiger partial charge in [0, 0.05) is 15.2 Å². The summed E-state index contributed by atoms with van der Waals surface area (Å²) in [6, 6.07) is 6.30. The summed E-state index contributed by atoms with van der Waals surface area (Å²) in [5.74, 6) is -0.698. The van der Waals surface area contributed by atoms with Crippen LogP contribution in [0.2, 0.25) is 0 Å². The zero-order chi connectivity index (χ0) is 10.8. The Morgan fingerprint density at radius 1 is 1.36 bits per heavy atom. The summed E-state index contributed by atoms with van der Waals surface area (Å²) in [5, 5.41) is 0. The molecule has 1 aromatic rings. The number of hydrogen-bond donors (Lipinski definition) is 0. The van der Waals surface area contributed by atoms with Crippen LogP contribution in [0.1, 0.15) is 11.7 Å². The molecule has 0 aromatic heterocycles. The van der Waals surface area contributed by atoms with Crippen LogP contribution in [0.25, 0.3) is 0 Å². The zero-order valence-corrected chi connectivity index (χ0v) is 10.1. The molecule has 0 spiro atoms. The maximum atomic E-state index is 13.3. The van der Waals surface area contributed by atoms with Gasteiger partial charge in [-0.1, -0.05) is 28.1 Å². The highest BCUT2D eigenvalue weighted by molar-refractivity contribution is 9.10. The highest BCUT2D eigenvalue weighted by Crippen LogP contribution is 2.22. The van der Waals surface area contributed by atoms with Gasteiger partial charge in [-0.3, -0.25) is 0 Å². The fraction of sp³-hybridized carbons (Fsp3) is 0.250. The molecule has 0 heterocycles. The fourth-order valence-electron chi connectivity index (χ4n) is 0.943. The molecule has 1 unspecified atom stereocenters. The third kappa shape index (κ3) is 3.94. The molecule has 0 saturated heterocycles. The summed E-state index contributed by atoms with van der Waals surface area (Å²) in [6.45, 7) is 0. The Balaban J connectivity index is 2.80. The molecule has 0 fully saturated rings. The first kappa shape index (κ1) is 11.9. The lowest BCUT2D eigenvalue weighted by Gasteiger charge is -2.05. The topological polar surface area (TPSA) is 34.1 Å². The van der Waals surface area contributed by atoms with Crippen molar-refractivity contribution in [3.05, 3.63) is 34.3 Å². The molecule has 0 radical (unpaired) electrons. The van der Waals surface area contributed by atoms with E-state index >= 15 is 0 Å². The minimum Gasteiger partial charge on any atom is -0.241 e. The van der Waals surface area contributed by atoms with Crippen LogP contribution in [-0.4, -0.2) is 14.2 Å². The Morgan fingerprint density at radius 3 is 2.29 bits per heavy atom. The Morgan fingerprint density at radius 2 is 1.86 bits per heavy atom. The molecule has 0 bridgehead atoms. The summed E-state index contributed by atoms with van der Waals surface area (Å²) in [4.78, 5) is 0. The average Bonchev–Trinajstić information content (AvgIpc) is 2.02. The van der Waals surface area contributed by atoms with Crippen molar-refractivity contribution in [2.24, 2.45) is 0 Å². The van der Waals surface area contributed by atoms with Gasteiger partial charge in [0.15, 0.2) is 0 Å². The SMILES string of the molecule is O=S(=O)(Cl)CC(F)c1ccc(Br)cc1. The lowest BCUT2D eigenvalue weighted by molar-refractivity contribution is 0.375. The quantitative estimate of drug-likeness (QED) is 0.804. The third-order valence-corrected chi connectivity index (χ3v) is 3.17. The Bertz CT molecular complexity index is 404. The first-order valence-corrected chi connectivity index (χ1v) is 6.97. The van der Waals surface area contributed by atoms with Crippen molar-refractivity contribution < 1.29 is 12.8 Å². The molecule has 0 amide bonds. The van der Waals surface area contributed by atoms with Crippen molar-refractivity contribution in [1.29, 1.82) is 0 Å². The van der Waals surface area contributed by atoms with Crippen LogP contribution in [0.15, 0.2) is 28.7 Å². The molecule has 0 saturated carbocycles. The number of halogens is 3. The van der Waals surface area contributed by atoms with Crippen molar-refractivity contribution in [2.45, 2.75) is 6.17 Å². The Kier molecular flexibility index (Phi) is 3.92.